The first-order valence-electron chi connectivity index (χ1n) is 2.18. The van der Waals surface area contributed by atoms with Crippen molar-refractivity contribution in [2.75, 3.05) is 0 Å². The van der Waals surface area contributed by atoms with Gasteiger partial charge in [-0.15, -0.1) is 0 Å². The number of hydrogen-bond donors (Lipinski definition) is 0. The number of halogens is 6. The molecule has 0 saturated heterocycles. The van der Waals surface area contributed by atoms with E-state index in [-0.39, 0.29) is 0 Å². The lowest BCUT2D eigenvalue weighted by molar-refractivity contribution is -0.104. The summed E-state index contributed by atoms with van der Waals surface area (Å²) in [7, 11) is 0. The van der Waals surface area contributed by atoms with E-state index in [2.05, 4.69) is 11.6 Å². The molecule has 0 N–H and O–H groups in total. The summed E-state index contributed by atoms with van der Waals surface area (Å²) in [4.78, 5) is 0. The summed E-state index contributed by atoms with van der Waals surface area (Å²) in [5, 5.41) is -3.80. The molecule has 0 bridgehead atoms. The summed E-state index contributed by atoms with van der Waals surface area (Å²) in [6.07, 6.45) is -6.66. The molecule has 1 radical (unpaired) electrons. The van der Waals surface area contributed by atoms with Crippen molar-refractivity contribution < 1.29 is 22.0 Å². The molecule has 0 amide bonds. The maximum absolute atomic E-state index is 11.5. The average Bonchev–Trinajstić information content (AvgIpc) is 1.57. The zero-order valence-electron chi connectivity index (χ0n) is 4.55. The van der Waals surface area contributed by atoms with Gasteiger partial charge in [0.1, 0.15) is 0 Å². The van der Waals surface area contributed by atoms with E-state index in [1.54, 1.807) is 0 Å². The van der Waals surface area contributed by atoms with Gasteiger partial charge in [-0.3, -0.25) is 0 Å². The Kier molecular flexibility index (Phi) is 2.88. The molecular formula is C4H3ClF5. The predicted molar refractivity (Wildman–Crippen MR) is 25.8 cm³/mol. The van der Waals surface area contributed by atoms with E-state index in [9.17, 15) is 22.0 Å². The van der Waals surface area contributed by atoms with Gasteiger partial charge in [-0.05, 0) is 11.6 Å². The van der Waals surface area contributed by atoms with Crippen molar-refractivity contribution in [3.05, 3.63) is 6.42 Å². The van der Waals surface area contributed by atoms with E-state index in [4.69, 9.17) is 0 Å². The smallest absolute Gasteiger partial charge is 0.188 e. The van der Waals surface area contributed by atoms with Crippen LogP contribution in [0, 0.1) is 6.42 Å². The summed E-state index contributed by atoms with van der Waals surface area (Å²) in [6.45, 7) is 0. The van der Waals surface area contributed by atoms with Gasteiger partial charge in [0.2, 0.25) is 0 Å². The molecule has 0 saturated carbocycles. The Labute approximate surface area is 59.0 Å². The first-order chi connectivity index (χ1) is 4.21. The van der Waals surface area contributed by atoms with E-state index >= 15 is 0 Å². The molecule has 0 spiro atoms. The van der Waals surface area contributed by atoms with Crippen molar-refractivity contribution in [2.24, 2.45) is 0 Å². The highest BCUT2D eigenvalue weighted by Gasteiger charge is 2.35. The first kappa shape index (κ1) is 9.94. The van der Waals surface area contributed by atoms with E-state index < -0.39 is 24.4 Å². The molecule has 0 rings (SSSR count). The Morgan fingerprint density at radius 3 is 1.60 bits per heavy atom. The van der Waals surface area contributed by atoms with Gasteiger partial charge in [0.05, 0.1) is 6.42 Å². The molecule has 10 heavy (non-hydrogen) atoms. The zero-order valence-corrected chi connectivity index (χ0v) is 5.31. The van der Waals surface area contributed by atoms with Crippen molar-refractivity contribution in [1.82, 2.24) is 0 Å². The minimum Gasteiger partial charge on any atom is -0.188 e. The molecule has 61 valence electrons. The maximum atomic E-state index is 11.5. The molecule has 0 aliphatic heterocycles. The van der Waals surface area contributed by atoms with Gasteiger partial charge in [-0.2, -0.15) is 22.0 Å². The van der Waals surface area contributed by atoms with Crippen LogP contribution in [0.15, 0.2) is 0 Å². The molecule has 0 aliphatic rings. The molecule has 0 unspecified atom stereocenters. The normalized spacial score (nSPS) is 13.8. The number of alkyl halides is 6. The van der Waals surface area contributed by atoms with Crippen LogP contribution in [0.5, 0.6) is 0 Å². The molecule has 0 aromatic rings. The van der Waals surface area contributed by atoms with Gasteiger partial charge >= 0.3 is 11.6 Å². The van der Waals surface area contributed by atoms with E-state index in [0.717, 1.165) is 0 Å². The van der Waals surface area contributed by atoms with Crippen LogP contribution in [0.25, 0.3) is 0 Å². The van der Waals surface area contributed by atoms with E-state index in [0.29, 0.717) is 0 Å². The Bertz CT molecular complexity index is 87.2. The van der Waals surface area contributed by atoms with E-state index in [1.165, 1.54) is 0 Å². The fourth-order valence-electron chi connectivity index (χ4n) is 0.231. The quantitative estimate of drug-likeness (QED) is 0.454. The minimum atomic E-state index is -4.68. The standard InChI is InChI=1S/C4H3ClF5/c5-3(6,7)1-2-4(8,9)10/h2H,1H2. The second kappa shape index (κ2) is 2.90. The van der Waals surface area contributed by atoms with Crippen LogP contribution in [0.2, 0.25) is 0 Å². The van der Waals surface area contributed by atoms with Crippen LogP contribution in [-0.2, 0) is 0 Å². The van der Waals surface area contributed by atoms with Crippen LogP contribution in [0.1, 0.15) is 6.42 Å². The predicted octanol–water partition coefficient (Wildman–Crippen LogP) is 2.97. The van der Waals surface area contributed by atoms with E-state index in [1.807, 2.05) is 0 Å². The molecule has 0 aromatic carbocycles. The summed E-state index contributed by atoms with van der Waals surface area (Å²) >= 11 is 4.17. The maximum Gasteiger partial charge on any atom is 0.392 e. The van der Waals surface area contributed by atoms with Gasteiger partial charge in [0.25, 0.3) is 0 Å². The van der Waals surface area contributed by atoms with Crippen molar-refractivity contribution in [1.29, 1.82) is 0 Å². The summed E-state index contributed by atoms with van der Waals surface area (Å²) < 4.78 is 56.4. The third-order valence-electron chi connectivity index (χ3n) is 0.565. The van der Waals surface area contributed by atoms with Gasteiger partial charge in [-0.1, -0.05) is 0 Å². The molecular weight excluding hydrogens is 178 g/mol. The SMILES string of the molecule is FC(F)(F)[CH]CC(F)(F)Cl. The molecule has 0 aliphatic carbocycles. The molecule has 0 atom stereocenters. The topological polar surface area (TPSA) is 0 Å². The fraction of sp³-hybridized carbons (Fsp3) is 0.750. The lowest BCUT2D eigenvalue weighted by atomic mass is 10.3. The highest BCUT2D eigenvalue weighted by molar-refractivity contribution is 6.21. The van der Waals surface area contributed by atoms with Crippen LogP contribution >= 0.6 is 11.6 Å². The summed E-state index contributed by atoms with van der Waals surface area (Å²) in [6, 6.07) is 0. The monoisotopic (exact) mass is 181 g/mol. The molecule has 0 nitrogen and oxygen atoms in total. The average molecular weight is 182 g/mol. The van der Waals surface area contributed by atoms with Crippen molar-refractivity contribution in [3.63, 3.8) is 0 Å². The van der Waals surface area contributed by atoms with Crippen molar-refractivity contribution in [2.45, 2.75) is 18.0 Å². The minimum absolute atomic E-state index is 0.486. The largest absolute Gasteiger partial charge is 0.392 e. The van der Waals surface area contributed by atoms with Crippen molar-refractivity contribution >= 4 is 11.6 Å². The van der Waals surface area contributed by atoms with Gasteiger partial charge < -0.3 is 0 Å². The van der Waals surface area contributed by atoms with Crippen LogP contribution in [0.3, 0.4) is 0 Å². The highest BCUT2D eigenvalue weighted by atomic mass is 35.5. The third-order valence-corrected chi connectivity index (χ3v) is 0.719. The second-order valence-electron chi connectivity index (χ2n) is 1.57. The highest BCUT2D eigenvalue weighted by Crippen LogP contribution is 2.30. The summed E-state index contributed by atoms with van der Waals surface area (Å²) in [5.41, 5.74) is 0. The summed E-state index contributed by atoms with van der Waals surface area (Å²) in [5.74, 6) is 0. The lowest BCUT2D eigenvalue weighted by Gasteiger charge is -2.08. The second-order valence-corrected chi connectivity index (χ2v) is 2.12. The zero-order chi connectivity index (χ0) is 8.41. The molecule has 0 fully saturated rings. The first-order valence-corrected chi connectivity index (χ1v) is 2.56. The Balaban J connectivity index is 3.56. The van der Waals surface area contributed by atoms with Crippen LogP contribution in [-0.4, -0.2) is 11.6 Å². The number of hydrogen-bond acceptors (Lipinski definition) is 0. The Morgan fingerprint density at radius 1 is 1.10 bits per heavy atom. The van der Waals surface area contributed by atoms with Crippen LogP contribution in [0.4, 0.5) is 22.0 Å². The number of rotatable bonds is 2. The van der Waals surface area contributed by atoms with Gasteiger partial charge in [-0.25, -0.2) is 0 Å². The van der Waals surface area contributed by atoms with Gasteiger partial charge in [0, 0.05) is 6.42 Å². The molecule has 6 heteroatoms. The Morgan fingerprint density at radius 2 is 1.50 bits per heavy atom. The Hall–Kier alpha value is -0.0600. The molecule has 0 heterocycles. The van der Waals surface area contributed by atoms with Crippen LogP contribution < -0.4 is 0 Å². The third kappa shape index (κ3) is 7.94. The molecule has 0 aromatic heterocycles. The van der Waals surface area contributed by atoms with Crippen molar-refractivity contribution in [3.8, 4) is 0 Å². The van der Waals surface area contributed by atoms with Gasteiger partial charge in [0.15, 0.2) is 0 Å². The lowest BCUT2D eigenvalue weighted by Crippen LogP contribution is -2.15. The fourth-order valence-corrected chi connectivity index (χ4v) is 0.309.